The summed E-state index contributed by atoms with van der Waals surface area (Å²) < 4.78 is 6.60. The maximum absolute atomic E-state index is 9.60. The second-order valence-electron chi connectivity index (χ2n) is 5.52. The van der Waals surface area contributed by atoms with E-state index in [1.807, 2.05) is 48.5 Å². The van der Waals surface area contributed by atoms with Gasteiger partial charge in [-0.25, -0.2) is 0 Å². The van der Waals surface area contributed by atoms with E-state index >= 15 is 0 Å². The third-order valence-electron chi connectivity index (χ3n) is 3.80. The van der Waals surface area contributed by atoms with Crippen molar-refractivity contribution < 1.29 is 4.74 Å². The topological polar surface area (TPSA) is 33.0 Å². The Morgan fingerprint density at radius 1 is 1.08 bits per heavy atom. The summed E-state index contributed by atoms with van der Waals surface area (Å²) in [5.41, 5.74) is 2.53. The summed E-state index contributed by atoms with van der Waals surface area (Å²) in [6.07, 6.45) is 3.63. The predicted octanol–water partition coefficient (Wildman–Crippen LogP) is 6.07. The summed E-state index contributed by atoms with van der Waals surface area (Å²) in [5, 5.41) is 11.9. The maximum Gasteiger partial charge on any atom is 0.133 e. The number of fused-ring (bicyclic) bond motifs is 1. The minimum Gasteiger partial charge on any atom is -0.488 e. The van der Waals surface area contributed by atoms with Crippen molar-refractivity contribution in [2.75, 3.05) is 6.61 Å². The van der Waals surface area contributed by atoms with Crippen molar-refractivity contribution in [3.05, 3.63) is 88.0 Å². The van der Waals surface area contributed by atoms with Gasteiger partial charge in [0.25, 0.3) is 0 Å². The van der Waals surface area contributed by atoms with E-state index < -0.39 is 0 Å². The third-order valence-corrected chi connectivity index (χ3v) is 4.65. The molecule has 2 nitrogen and oxygen atoms in total. The zero-order valence-electron chi connectivity index (χ0n) is 13.6. The van der Waals surface area contributed by atoms with E-state index in [0.717, 1.165) is 25.8 Å². The van der Waals surface area contributed by atoms with E-state index in [-0.39, 0.29) is 0 Å². The quantitative estimate of drug-likeness (QED) is 0.210. The van der Waals surface area contributed by atoms with E-state index in [1.54, 1.807) is 6.08 Å². The van der Waals surface area contributed by atoms with Gasteiger partial charge in [-0.2, -0.15) is 5.26 Å². The van der Waals surface area contributed by atoms with Crippen molar-refractivity contribution in [2.24, 2.45) is 0 Å². The molecule has 3 heteroatoms. The molecule has 0 fully saturated rings. The van der Waals surface area contributed by atoms with Crippen LogP contribution in [0.3, 0.4) is 0 Å². The molecule has 25 heavy (non-hydrogen) atoms. The first-order valence-corrected chi connectivity index (χ1v) is 8.93. The number of ether oxygens (including phenoxy) is 1. The zero-order valence-corrected chi connectivity index (χ0v) is 15.7. The van der Waals surface area contributed by atoms with Gasteiger partial charge < -0.3 is 4.74 Å². The van der Waals surface area contributed by atoms with Gasteiger partial charge in [-0.1, -0.05) is 55.1 Å². The monoisotopic (exact) mass is 437 g/mol. The van der Waals surface area contributed by atoms with Crippen molar-refractivity contribution in [1.29, 1.82) is 5.26 Å². The number of hydrogen-bond acceptors (Lipinski definition) is 2. The molecule has 0 atom stereocenters. The van der Waals surface area contributed by atoms with E-state index in [1.165, 1.54) is 5.39 Å². The van der Waals surface area contributed by atoms with E-state index in [2.05, 4.69) is 53.4 Å². The molecule has 0 spiro atoms. The third kappa shape index (κ3) is 4.09. The van der Waals surface area contributed by atoms with Gasteiger partial charge in [0.05, 0.1) is 15.2 Å². The second-order valence-corrected chi connectivity index (χ2v) is 6.68. The van der Waals surface area contributed by atoms with Gasteiger partial charge in [0.1, 0.15) is 12.4 Å². The number of nitrogens with zero attached hydrogens (tertiary/aromatic N) is 1. The highest BCUT2D eigenvalue weighted by Gasteiger charge is 2.05. The molecule has 0 aliphatic rings. The Balaban J connectivity index is 1.95. The number of hydrogen-bond donors (Lipinski definition) is 0. The molecule has 3 aromatic carbocycles. The van der Waals surface area contributed by atoms with Crippen LogP contribution in [0, 0.1) is 14.9 Å². The number of nitriles is 1. The fourth-order valence-electron chi connectivity index (χ4n) is 2.58. The summed E-state index contributed by atoms with van der Waals surface area (Å²) in [4.78, 5) is 0. The molecule has 0 heterocycles. The Morgan fingerprint density at radius 2 is 1.88 bits per heavy atom. The Bertz CT molecular complexity index is 998. The first-order chi connectivity index (χ1) is 12.2. The summed E-state index contributed by atoms with van der Waals surface area (Å²) in [5.74, 6) is 0.821. The lowest BCUT2D eigenvalue weighted by molar-refractivity contribution is 0.360. The zero-order chi connectivity index (χ0) is 17.6. The molecule has 0 bridgehead atoms. The van der Waals surface area contributed by atoms with Gasteiger partial charge in [0, 0.05) is 0 Å². The van der Waals surface area contributed by atoms with Crippen molar-refractivity contribution in [2.45, 2.75) is 0 Å². The minimum atomic E-state index is 0.478. The number of allylic oxidation sites excluding steroid dienone is 1. The molecule has 0 saturated carbocycles. The highest BCUT2D eigenvalue weighted by atomic mass is 127. The van der Waals surface area contributed by atoms with Crippen LogP contribution in [0.4, 0.5) is 0 Å². The fourth-order valence-corrected chi connectivity index (χ4v) is 3.27. The van der Waals surface area contributed by atoms with Gasteiger partial charge in [-0.15, -0.1) is 0 Å². The van der Waals surface area contributed by atoms with Crippen molar-refractivity contribution in [3.63, 3.8) is 0 Å². The van der Waals surface area contributed by atoms with Crippen LogP contribution in [0.2, 0.25) is 0 Å². The average Bonchev–Trinajstić information content (AvgIpc) is 2.65. The van der Waals surface area contributed by atoms with Crippen LogP contribution in [0.1, 0.15) is 11.1 Å². The Kier molecular flexibility index (Phi) is 5.52. The largest absolute Gasteiger partial charge is 0.488 e. The summed E-state index contributed by atoms with van der Waals surface area (Å²) in [6.45, 7) is 4.13. The smallest absolute Gasteiger partial charge is 0.133 e. The minimum absolute atomic E-state index is 0.478. The van der Waals surface area contributed by atoms with Crippen LogP contribution in [-0.2, 0) is 0 Å². The fraction of sp³-hybridized carbons (Fsp3) is 0.0455. The van der Waals surface area contributed by atoms with Crippen LogP contribution in [0.5, 0.6) is 5.75 Å². The Morgan fingerprint density at radius 3 is 2.60 bits per heavy atom. The van der Waals surface area contributed by atoms with Gasteiger partial charge in [0.2, 0.25) is 0 Å². The highest BCUT2D eigenvalue weighted by molar-refractivity contribution is 14.1. The van der Waals surface area contributed by atoms with E-state index in [4.69, 9.17) is 4.74 Å². The Labute approximate surface area is 161 Å². The van der Waals surface area contributed by atoms with Crippen LogP contribution >= 0.6 is 22.6 Å². The molecule has 0 unspecified atom stereocenters. The lowest BCUT2D eigenvalue weighted by Crippen LogP contribution is -1.95. The molecule has 0 aliphatic heterocycles. The van der Waals surface area contributed by atoms with Gasteiger partial charge in [0.15, 0.2) is 0 Å². The molecule has 122 valence electrons. The maximum atomic E-state index is 9.60. The van der Waals surface area contributed by atoms with E-state index in [0.29, 0.717) is 12.2 Å². The molecule has 0 aliphatic carbocycles. The van der Waals surface area contributed by atoms with Gasteiger partial charge in [-0.05, 0) is 68.8 Å². The average molecular weight is 437 g/mol. The van der Waals surface area contributed by atoms with E-state index in [9.17, 15) is 5.26 Å². The predicted molar refractivity (Wildman–Crippen MR) is 112 cm³/mol. The molecule has 0 radical (unpaired) electrons. The number of halogens is 1. The van der Waals surface area contributed by atoms with Gasteiger partial charge >= 0.3 is 0 Å². The lowest BCUT2D eigenvalue weighted by Gasteiger charge is -2.07. The van der Waals surface area contributed by atoms with Crippen LogP contribution in [-0.4, -0.2) is 6.61 Å². The lowest BCUT2D eigenvalue weighted by atomic mass is 10.0. The van der Waals surface area contributed by atoms with Crippen molar-refractivity contribution >= 4 is 45.0 Å². The molecule has 0 N–H and O–H groups in total. The molecule has 3 aromatic rings. The highest BCUT2D eigenvalue weighted by Crippen LogP contribution is 2.26. The second kappa shape index (κ2) is 8.00. The summed E-state index contributed by atoms with van der Waals surface area (Å²) in [7, 11) is 0. The summed E-state index contributed by atoms with van der Waals surface area (Å²) >= 11 is 2.24. The van der Waals surface area contributed by atoms with Gasteiger partial charge in [-0.3, -0.25) is 0 Å². The van der Waals surface area contributed by atoms with Crippen LogP contribution < -0.4 is 4.74 Å². The molecule has 3 rings (SSSR count). The molecular formula is C22H16INO. The normalized spacial score (nSPS) is 11.1. The van der Waals surface area contributed by atoms with Crippen LogP contribution in [0.25, 0.3) is 22.4 Å². The molecule has 0 amide bonds. The summed E-state index contributed by atoms with van der Waals surface area (Å²) in [6, 6.07) is 22.4. The molecule has 0 aromatic heterocycles. The Hall–Kier alpha value is -2.58. The van der Waals surface area contributed by atoms with Crippen molar-refractivity contribution in [1.82, 2.24) is 0 Å². The molecular weight excluding hydrogens is 421 g/mol. The SMILES string of the molecule is C=CCOc1ccc(C=C(C#N)c2ccc3ccccc3c2)cc1I. The molecule has 0 saturated heterocycles. The standard InChI is InChI=1S/C22H16INO/c1-2-11-25-22-10-7-16(13-21(22)23)12-20(15-24)19-9-8-17-5-3-4-6-18(17)14-19/h2-10,12-14H,1,11H2. The van der Waals surface area contributed by atoms with Crippen LogP contribution in [0.15, 0.2) is 73.3 Å². The first-order valence-electron chi connectivity index (χ1n) is 7.85. The number of benzene rings is 3. The number of rotatable bonds is 5. The van der Waals surface area contributed by atoms with Crippen molar-refractivity contribution in [3.8, 4) is 11.8 Å². The first kappa shape index (κ1) is 17.2.